The average molecular weight is 421 g/mol. The van der Waals surface area contributed by atoms with E-state index in [0.717, 1.165) is 0 Å². The maximum Gasteiger partial charge on any atom is 0.311 e. The Labute approximate surface area is 170 Å². The smallest absolute Gasteiger partial charge is 0.311 e. The van der Waals surface area contributed by atoms with Crippen LogP contribution in [0, 0.1) is 0 Å². The molecule has 8 nitrogen and oxygen atoms in total. The van der Waals surface area contributed by atoms with Crippen LogP contribution in [-0.4, -0.2) is 33.2 Å². The van der Waals surface area contributed by atoms with Crippen LogP contribution >= 0.6 is 22.9 Å². The Hall–Kier alpha value is -2.91. The van der Waals surface area contributed by atoms with Crippen LogP contribution in [0.4, 0.5) is 5.13 Å². The van der Waals surface area contributed by atoms with Gasteiger partial charge in [0, 0.05) is 11.6 Å². The van der Waals surface area contributed by atoms with E-state index in [1.807, 2.05) is 12.1 Å². The summed E-state index contributed by atoms with van der Waals surface area (Å²) in [4.78, 5) is 28.0. The molecule has 10 heteroatoms. The number of amides is 1. The van der Waals surface area contributed by atoms with Gasteiger partial charge in [0.2, 0.25) is 0 Å². The molecule has 1 amide bonds. The Morgan fingerprint density at radius 2 is 2.11 bits per heavy atom. The van der Waals surface area contributed by atoms with Crippen LogP contribution in [-0.2, 0) is 22.7 Å². The average Bonchev–Trinajstić information content (AvgIpc) is 3.31. The van der Waals surface area contributed by atoms with Crippen molar-refractivity contribution in [3.63, 3.8) is 0 Å². The summed E-state index contributed by atoms with van der Waals surface area (Å²) in [5.41, 5.74) is 0.752. The van der Waals surface area contributed by atoms with Crippen LogP contribution in [0.25, 0.3) is 0 Å². The van der Waals surface area contributed by atoms with Crippen molar-refractivity contribution in [3.8, 4) is 5.75 Å². The zero-order valence-electron chi connectivity index (χ0n) is 14.9. The summed E-state index contributed by atoms with van der Waals surface area (Å²) in [7, 11) is 0. The van der Waals surface area contributed by atoms with Crippen molar-refractivity contribution in [2.24, 2.45) is 0 Å². The van der Waals surface area contributed by atoms with E-state index in [1.165, 1.54) is 16.0 Å². The molecule has 1 N–H and O–H groups in total. The molecule has 146 valence electrons. The first-order chi connectivity index (χ1) is 13.5. The van der Waals surface area contributed by atoms with E-state index in [0.29, 0.717) is 28.2 Å². The summed E-state index contributed by atoms with van der Waals surface area (Å²) in [6.45, 7) is 2.16. The normalized spacial score (nSPS) is 10.5. The van der Waals surface area contributed by atoms with Crippen LogP contribution in [0.15, 0.2) is 41.9 Å². The topological polar surface area (TPSA) is 95.3 Å². The van der Waals surface area contributed by atoms with Gasteiger partial charge in [-0.1, -0.05) is 23.7 Å². The Balaban J connectivity index is 1.55. The Morgan fingerprint density at radius 3 is 2.89 bits per heavy atom. The van der Waals surface area contributed by atoms with Crippen LogP contribution in [0.3, 0.4) is 0 Å². The van der Waals surface area contributed by atoms with Crippen molar-refractivity contribution < 1.29 is 19.1 Å². The number of thiazole rings is 1. The molecule has 0 radical (unpaired) electrons. The Bertz CT molecular complexity index is 972. The molecule has 0 atom stereocenters. The molecule has 0 aliphatic carbocycles. The highest BCUT2D eigenvalue weighted by molar-refractivity contribution is 7.14. The number of nitrogens with zero attached hydrogens (tertiary/aromatic N) is 3. The Kier molecular flexibility index (Phi) is 6.62. The summed E-state index contributed by atoms with van der Waals surface area (Å²) in [5, 5.41) is 9.40. The SMILES string of the molecule is CCOC(=O)Cc1csc(NC(=O)c2ccn(COc3ccccc3Cl)n2)n1. The third-order valence-corrected chi connectivity index (χ3v) is 4.58. The third-order valence-electron chi connectivity index (χ3n) is 3.47. The number of esters is 1. The monoisotopic (exact) mass is 420 g/mol. The fourth-order valence-electron chi connectivity index (χ4n) is 2.22. The lowest BCUT2D eigenvalue weighted by Crippen LogP contribution is -2.14. The highest BCUT2D eigenvalue weighted by atomic mass is 35.5. The lowest BCUT2D eigenvalue weighted by atomic mass is 10.3. The minimum atomic E-state index is -0.409. The van der Waals surface area contributed by atoms with Gasteiger partial charge >= 0.3 is 5.97 Å². The number of nitrogens with one attached hydrogen (secondary N) is 1. The molecule has 0 aliphatic heterocycles. The van der Waals surface area contributed by atoms with Crippen molar-refractivity contribution in [1.29, 1.82) is 0 Å². The van der Waals surface area contributed by atoms with E-state index in [4.69, 9.17) is 21.1 Å². The first kappa shape index (κ1) is 19.8. The second kappa shape index (κ2) is 9.34. The van der Waals surface area contributed by atoms with Crippen LogP contribution in [0.2, 0.25) is 5.02 Å². The number of carbonyl (C=O) groups is 2. The van der Waals surface area contributed by atoms with E-state index >= 15 is 0 Å². The second-order valence-electron chi connectivity index (χ2n) is 5.52. The Morgan fingerprint density at radius 1 is 1.29 bits per heavy atom. The quantitative estimate of drug-likeness (QED) is 0.561. The summed E-state index contributed by atoms with van der Waals surface area (Å²) in [6.07, 6.45) is 1.69. The molecular weight excluding hydrogens is 404 g/mol. The molecule has 0 fully saturated rings. The molecule has 3 rings (SSSR count). The first-order valence-corrected chi connectivity index (χ1v) is 9.63. The predicted molar refractivity (Wildman–Crippen MR) is 105 cm³/mol. The molecule has 0 saturated carbocycles. The molecular formula is C18H17ClN4O4S. The third kappa shape index (κ3) is 5.30. The number of benzene rings is 1. The van der Waals surface area contributed by atoms with E-state index in [2.05, 4.69) is 15.4 Å². The number of carbonyl (C=O) groups excluding carboxylic acids is 2. The minimum Gasteiger partial charge on any atom is -0.470 e. The van der Waals surface area contributed by atoms with Gasteiger partial charge in [-0.25, -0.2) is 9.67 Å². The van der Waals surface area contributed by atoms with Gasteiger partial charge in [0.15, 0.2) is 17.6 Å². The molecule has 0 unspecified atom stereocenters. The van der Waals surface area contributed by atoms with Gasteiger partial charge in [-0.2, -0.15) is 5.10 Å². The number of hydrogen-bond donors (Lipinski definition) is 1. The van der Waals surface area contributed by atoms with Crippen LogP contribution < -0.4 is 10.1 Å². The zero-order chi connectivity index (χ0) is 19.9. The highest BCUT2D eigenvalue weighted by Crippen LogP contribution is 2.23. The van der Waals surface area contributed by atoms with Gasteiger partial charge in [-0.15, -0.1) is 11.3 Å². The number of halogens is 1. The van der Waals surface area contributed by atoms with Crippen LogP contribution in [0.1, 0.15) is 23.1 Å². The van der Waals surface area contributed by atoms with Crippen molar-refractivity contribution in [1.82, 2.24) is 14.8 Å². The van der Waals surface area contributed by atoms with Gasteiger partial charge in [0.25, 0.3) is 5.91 Å². The van der Waals surface area contributed by atoms with E-state index in [1.54, 1.807) is 36.7 Å². The molecule has 3 aromatic rings. The van der Waals surface area contributed by atoms with E-state index < -0.39 is 5.91 Å². The largest absolute Gasteiger partial charge is 0.470 e. The molecule has 0 saturated heterocycles. The van der Waals surface area contributed by atoms with Crippen molar-refractivity contribution in [2.75, 3.05) is 11.9 Å². The number of rotatable bonds is 8. The number of para-hydroxylation sites is 1. The molecule has 28 heavy (non-hydrogen) atoms. The molecule has 2 aromatic heterocycles. The van der Waals surface area contributed by atoms with Crippen LogP contribution in [0.5, 0.6) is 5.75 Å². The van der Waals surface area contributed by atoms with Gasteiger partial charge in [-0.3, -0.25) is 14.9 Å². The molecule has 0 spiro atoms. The predicted octanol–water partition coefficient (Wildman–Crippen LogP) is 3.39. The second-order valence-corrected chi connectivity index (χ2v) is 6.79. The minimum absolute atomic E-state index is 0.0637. The van der Waals surface area contributed by atoms with Gasteiger partial charge in [0.05, 0.1) is 23.7 Å². The molecule has 0 aliphatic rings. The standard InChI is InChI=1S/C18H17ClN4O4S/c1-2-26-16(24)9-12-10-28-18(20-12)21-17(25)14-7-8-23(22-14)11-27-15-6-4-3-5-13(15)19/h3-8,10H,2,9,11H2,1H3,(H,20,21,25). The molecule has 2 heterocycles. The fourth-order valence-corrected chi connectivity index (χ4v) is 3.11. The first-order valence-electron chi connectivity index (χ1n) is 8.37. The summed E-state index contributed by atoms with van der Waals surface area (Å²) in [6, 6.07) is 8.66. The fraction of sp³-hybridized carbons (Fsp3) is 0.222. The van der Waals surface area contributed by atoms with Gasteiger partial charge in [0.1, 0.15) is 5.75 Å². The summed E-state index contributed by atoms with van der Waals surface area (Å²) in [5.74, 6) is -0.237. The van der Waals surface area contributed by atoms with Gasteiger partial charge in [-0.05, 0) is 25.1 Å². The van der Waals surface area contributed by atoms with E-state index in [9.17, 15) is 9.59 Å². The number of aromatic nitrogens is 3. The van der Waals surface area contributed by atoms with Crippen molar-refractivity contribution >= 4 is 39.9 Å². The maximum atomic E-state index is 12.3. The number of anilines is 1. The number of hydrogen-bond acceptors (Lipinski definition) is 7. The van der Waals surface area contributed by atoms with Crippen molar-refractivity contribution in [2.45, 2.75) is 20.1 Å². The highest BCUT2D eigenvalue weighted by Gasteiger charge is 2.14. The summed E-state index contributed by atoms with van der Waals surface area (Å²) >= 11 is 7.26. The van der Waals surface area contributed by atoms with Crippen molar-refractivity contribution in [3.05, 3.63) is 58.3 Å². The van der Waals surface area contributed by atoms with E-state index in [-0.39, 0.29) is 24.8 Å². The lowest BCUT2D eigenvalue weighted by Gasteiger charge is -2.07. The maximum absolute atomic E-state index is 12.3. The molecule has 1 aromatic carbocycles. The summed E-state index contributed by atoms with van der Waals surface area (Å²) < 4.78 is 11.9. The lowest BCUT2D eigenvalue weighted by molar-refractivity contribution is -0.142. The van der Waals surface area contributed by atoms with Gasteiger partial charge < -0.3 is 9.47 Å². The molecule has 0 bridgehead atoms. The number of ether oxygens (including phenoxy) is 2. The zero-order valence-corrected chi connectivity index (χ0v) is 16.5.